The molecule has 0 bridgehead atoms. The maximum atomic E-state index is 12.3. The van der Waals surface area contributed by atoms with Crippen molar-refractivity contribution in [2.45, 2.75) is 32.2 Å². The Balaban J connectivity index is 1.69. The highest BCUT2D eigenvalue weighted by Crippen LogP contribution is 2.44. The largest absolute Gasteiger partial charge is 0.449 e. The minimum atomic E-state index is -3.70. The number of rotatable bonds is 7. The molecule has 0 fully saturated rings. The zero-order valence-electron chi connectivity index (χ0n) is 16.1. The predicted molar refractivity (Wildman–Crippen MR) is 109 cm³/mol. The molecular formula is C21H26N2O4S. The van der Waals surface area contributed by atoms with E-state index < -0.39 is 22.2 Å². The zero-order valence-corrected chi connectivity index (χ0v) is 16.9. The lowest BCUT2D eigenvalue weighted by atomic mass is 9.98. The number of benzene rings is 2. The minimum Gasteiger partial charge on any atom is -0.449 e. The Hall–Kier alpha value is -2.38. The molecule has 0 saturated heterocycles. The lowest BCUT2D eigenvalue weighted by Gasteiger charge is -2.20. The van der Waals surface area contributed by atoms with Crippen molar-refractivity contribution in [3.05, 3.63) is 59.7 Å². The molecule has 3 N–H and O–H groups in total. The van der Waals surface area contributed by atoms with Crippen LogP contribution in [0.5, 0.6) is 0 Å². The molecule has 1 aliphatic rings. The first-order valence-corrected chi connectivity index (χ1v) is 11.1. The highest BCUT2D eigenvalue weighted by molar-refractivity contribution is 7.89. The Morgan fingerprint density at radius 3 is 2.11 bits per heavy atom. The molecule has 0 radical (unpaired) electrons. The maximum absolute atomic E-state index is 12.3. The van der Waals surface area contributed by atoms with Crippen molar-refractivity contribution >= 4 is 16.1 Å². The van der Waals surface area contributed by atoms with Crippen LogP contribution in [-0.2, 0) is 14.8 Å². The van der Waals surface area contributed by atoms with E-state index in [0.717, 1.165) is 22.3 Å². The third kappa shape index (κ3) is 4.91. The molecule has 3 rings (SSSR count). The predicted octanol–water partition coefficient (Wildman–Crippen LogP) is 3.23. The Kier molecular flexibility index (Phi) is 6.05. The van der Waals surface area contributed by atoms with E-state index in [1.807, 2.05) is 50.2 Å². The Morgan fingerprint density at radius 1 is 1.07 bits per heavy atom. The summed E-state index contributed by atoms with van der Waals surface area (Å²) in [6.45, 7) is 4.09. The first-order chi connectivity index (χ1) is 13.2. The van der Waals surface area contributed by atoms with Crippen molar-refractivity contribution < 1.29 is 17.9 Å². The van der Waals surface area contributed by atoms with Crippen LogP contribution in [0.4, 0.5) is 4.79 Å². The van der Waals surface area contributed by atoms with Crippen molar-refractivity contribution in [3.63, 3.8) is 0 Å². The third-order valence-electron chi connectivity index (χ3n) is 4.86. The average molecular weight is 403 g/mol. The van der Waals surface area contributed by atoms with Crippen LogP contribution in [0.1, 0.15) is 37.3 Å². The number of carbonyl (C=O) groups excluding carboxylic acids is 1. The van der Waals surface area contributed by atoms with Gasteiger partial charge >= 0.3 is 6.09 Å². The van der Waals surface area contributed by atoms with Crippen LogP contribution in [0.2, 0.25) is 0 Å². The molecule has 150 valence electrons. The van der Waals surface area contributed by atoms with Gasteiger partial charge in [-0.3, -0.25) is 0 Å². The van der Waals surface area contributed by atoms with Gasteiger partial charge in [0.05, 0.1) is 5.75 Å². The minimum absolute atomic E-state index is 0.0417. The summed E-state index contributed by atoms with van der Waals surface area (Å²) in [5.74, 6) is -0.143. The molecule has 2 aromatic carbocycles. The summed E-state index contributed by atoms with van der Waals surface area (Å²) in [6, 6.07) is 15.6. The molecule has 0 aliphatic heterocycles. The fourth-order valence-electron chi connectivity index (χ4n) is 3.82. The molecule has 7 heteroatoms. The van der Waals surface area contributed by atoms with Crippen molar-refractivity contribution in [1.82, 2.24) is 5.32 Å². The Morgan fingerprint density at radius 2 is 1.61 bits per heavy atom. The van der Waals surface area contributed by atoms with E-state index in [4.69, 9.17) is 9.88 Å². The van der Waals surface area contributed by atoms with Crippen molar-refractivity contribution in [2.75, 3.05) is 12.4 Å². The fraction of sp³-hybridized carbons (Fsp3) is 0.381. The van der Waals surface area contributed by atoms with Crippen LogP contribution < -0.4 is 10.5 Å². The number of primary sulfonamides is 1. The molecule has 0 saturated carbocycles. The maximum Gasteiger partial charge on any atom is 0.407 e. The van der Waals surface area contributed by atoms with E-state index in [1.54, 1.807) is 0 Å². The highest BCUT2D eigenvalue weighted by atomic mass is 32.2. The second kappa shape index (κ2) is 8.32. The van der Waals surface area contributed by atoms with Gasteiger partial charge < -0.3 is 10.1 Å². The topological polar surface area (TPSA) is 98.5 Å². The van der Waals surface area contributed by atoms with Crippen molar-refractivity contribution in [1.29, 1.82) is 0 Å². The summed E-state index contributed by atoms with van der Waals surface area (Å²) >= 11 is 0. The summed E-state index contributed by atoms with van der Waals surface area (Å²) in [5, 5.41) is 7.80. The van der Waals surface area contributed by atoms with Gasteiger partial charge in [-0.2, -0.15) is 0 Å². The number of nitrogens with one attached hydrogen (secondary N) is 1. The molecule has 0 spiro atoms. The number of fused-ring (bicyclic) bond motifs is 3. The molecule has 0 heterocycles. The van der Waals surface area contributed by atoms with Gasteiger partial charge in [-0.1, -0.05) is 62.4 Å². The van der Waals surface area contributed by atoms with Gasteiger partial charge in [-0.05, 0) is 34.6 Å². The molecule has 28 heavy (non-hydrogen) atoms. The number of ether oxygens (including phenoxy) is 1. The smallest absolute Gasteiger partial charge is 0.407 e. The monoisotopic (exact) mass is 402 g/mol. The third-order valence-corrected chi connectivity index (χ3v) is 5.72. The van der Waals surface area contributed by atoms with Gasteiger partial charge in [0, 0.05) is 12.0 Å². The van der Waals surface area contributed by atoms with E-state index in [2.05, 4.69) is 17.4 Å². The summed E-state index contributed by atoms with van der Waals surface area (Å²) in [6.07, 6.45) is -0.128. The van der Waals surface area contributed by atoms with Crippen LogP contribution in [0.15, 0.2) is 48.5 Å². The molecule has 2 aromatic rings. The van der Waals surface area contributed by atoms with Gasteiger partial charge in [-0.25, -0.2) is 18.4 Å². The van der Waals surface area contributed by atoms with Crippen LogP contribution >= 0.6 is 0 Å². The molecule has 6 nitrogen and oxygen atoms in total. The van der Waals surface area contributed by atoms with Crippen LogP contribution in [0, 0.1) is 5.92 Å². The van der Waals surface area contributed by atoms with Crippen LogP contribution in [-0.4, -0.2) is 32.9 Å². The first kappa shape index (κ1) is 20.4. The second-order valence-corrected chi connectivity index (χ2v) is 9.28. The number of nitrogens with two attached hydrogens (primary N) is 1. The second-order valence-electron chi connectivity index (χ2n) is 7.63. The first-order valence-electron chi connectivity index (χ1n) is 9.36. The Labute approximate surface area is 166 Å². The summed E-state index contributed by atoms with van der Waals surface area (Å²) in [5.41, 5.74) is 4.55. The number of carbonyl (C=O) groups is 1. The van der Waals surface area contributed by atoms with Crippen molar-refractivity contribution in [2.24, 2.45) is 11.1 Å². The molecule has 1 aliphatic carbocycles. The SMILES string of the molecule is CC(C)C[C@@H](CS(N)(=O)=O)NC(=O)OCC1c2ccccc2-c2ccccc21. The van der Waals surface area contributed by atoms with Gasteiger partial charge in [0.25, 0.3) is 0 Å². The average Bonchev–Trinajstić information content (AvgIpc) is 2.92. The number of alkyl carbamates (subject to hydrolysis) is 1. The van der Waals surface area contributed by atoms with Gasteiger partial charge in [0.1, 0.15) is 6.61 Å². The van der Waals surface area contributed by atoms with E-state index >= 15 is 0 Å². The molecule has 0 aromatic heterocycles. The lowest BCUT2D eigenvalue weighted by Crippen LogP contribution is -2.42. The summed E-state index contributed by atoms with van der Waals surface area (Å²) in [7, 11) is -3.70. The summed E-state index contributed by atoms with van der Waals surface area (Å²) < 4.78 is 28.3. The van der Waals surface area contributed by atoms with Crippen molar-refractivity contribution in [3.8, 4) is 11.1 Å². The molecule has 1 atom stereocenters. The highest BCUT2D eigenvalue weighted by Gasteiger charge is 2.29. The van der Waals surface area contributed by atoms with Gasteiger partial charge in [0.15, 0.2) is 0 Å². The van der Waals surface area contributed by atoms with E-state index in [1.165, 1.54) is 0 Å². The number of sulfonamides is 1. The molecule has 0 unspecified atom stereocenters. The Bertz CT molecular complexity index is 911. The molecule has 1 amide bonds. The molecular weight excluding hydrogens is 376 g/mol. The van der Waals surface area contributed by atoms with Crippen LogP contribution in [0.25, 0.3) is 11.1 Å². The summed E-state index contributed by atoms with van der Waals surface area (Å²) in [4.78, 5) is 12.3. The standard InChI is InChI=1S/C21H26N2O4S/c1-14(2)11-15(13-28(22,25)26)23-21(24)27-12-20-18-9-5-3-7-16(18)17-8-4-6-10-19(17)20/h3-10,14-15,20H,11-13H2,1-2H3,(H,23,24)(H2,22,25,26)/t15-/m0/s1. The zero-order chi connectivity index (χ0) is 20.3. The number of hydrogen-bond acceptors (Lipinski definition) is 4. The van der Waals surface area contributed by atoms with E-state index in [9.17, 15) is 13.2 Å². The number of hydrogen-bond donors (Lipinski definition) is 2. The number of amides is 1. The lowest BCUT2D eigenvalue weighted by molar-refractivity contribution is 0.139. The van der Waals surface area contributed by atoms with Gasteiger partial charge in [-0.15, -0.1) is 0 Å². The van der Waals surface area contributed by atoms with Gasteiger partial charge in [0.2, 0.25) is 10.0 Å². The van der Waals surface area contributed by atoms with E-state index in [-0.39, 0.29) is 24.2 Å². The normalized spacial score (nSPS) is 14.4. The van der Waals surface area contributed by atoms with Crippen LogP contribution in [0.3, 0.4) is 0 Å². The quantitative estimate of drug-likeness (QED) is 0.743. The van der Waals surface area contributed by atoms with E-state index in [0.29, 0.717) is 6.42 Å². The fourth-order valence-corrected chi connectivity index (χ4v) is 4.61.